The quantitative estimate of drug-likeness (QED) is 0.0286. The first-order valence-electron chi connectivity index (χ1n) is 27.7. The van der Waals surface area contributed by atoms with Crippen molar-refractivity contribution in [2.75, 3.05) is 17.3 Å². The Balaban J connectivity index is 0. The average molecular weight is 890 g/mol. The van der Waals surface area contributed by atoms with Gasteiger partial charge in [-0.2, -0.15) is 0 Å². The molecule has 0 aliphatic carbocycles. The summed E-state index contributed by atoms with van der Waals surface area (Å²) in [5, 5.41) is 0. The fourth-order valence-corrected chi connectivity index (χ4v) is 11.3. The van der Waals surface area contributed by atoms with E-state index < -0.39 is 10.4 Å². The lowest BCUT2D eigenvalue weighted by molar-refractivity contribution is 0.366. The summed E-state index contributed by atoms with van der Waals surface area (Å²) in [5.74, 6) is 4.70. The highest BCUT2D eigenvalue weighted by Crippen LogP contribution is 2.19. The molecule has 0 fully saturated rings. The fraction of sp³-hybridized carbons (Fsp3) is 1.00. The van der Waals surface area contributed by atoms with Crippen LogP contribution in [0.5, 0.6) is 0 Å². The Morgan fingerprint density at radius 3 is 0.483 bits per heavy atom. The van der Waals surface area contributed by atoms with E-state index in [1.54, 1.807) is 17.3 Å². The lowest BCUT2D eigenvalue weighted by atomic mass is 10.0. The van der Waals surface area contributed by atoms with Crippen LogP contribution < -0.4 is 0 Å². The van der Waals surface area contributed by atoms with Gasteiger partial charge in [-0.05, 0) is 49.4 Å². The highest BCUT2D eigenvalue weighted by atomic mass is 32.3. The average Bonchev–Trinajstić information content (AvgIpc) is 3.22. The van der Waals surface area contributed by atoms with Crippen molar-refractivity contribution in [2.24, 2.45) is 0 Å². The Morgan fingerprint density at radius 1 is 0.267 bits per heavy atom. The maximum Gasteiger partial charge on any atom is 0.215 e. The minimum Gasteiger partial charge on any atom is -0.726 e. The summed E-state index contributed by atoms with van der Waals surface area (Å²) in [5.41, 5.74) is 0. The van der Waals surface area contributed by atoms with Gasteiger partial charge in [0.25, 0.3) is 0 Å². The molecule has 6 heteroatoms. The predicted molar refractivity (Wildman–Crippen MR) is 273 cm³/mol. The van der Waals surface area contributed by atoms with Crippen LogP contribution in [0.3, 0.4) is 0 Å². The van der Waals surface area contributed by atoms with Gasteiger partial charge in [-0.1, -0.05) is 290 Å². The van der Waals surface area contributed by atoms with Crippen molar-refractivity contribution >= 4 is 21.3 Å². The molecule has 1 N–H and O–H groups in total. The molecule has 0 saturated heterocycles. The lowest BCUT2D eigenvalue weighted by Crippen LogP contribution is -2.17. The van der Waals surface area contributed by atoms with E-state index in [4.69, 9.17) is 17.5 Å². The number of hydrogen-bond donors (Lipinski definition) is 1. The van der Waals surface area contributed by atoms with Crippen LogP contribution in [0.15, 0.2) is 0 Å². The third-order valence-electron chi connectivity index (χ3n) is 12.9. The first kappa shape index (κ1) is 62.3. The van der Waals surface area contributed by atoms with Crippen molar-refractivity contribution in [2.45, 2.75) is 329 Å². The molecule has 0 radical (unpaired) electrons. The molecule has 0 aromatic carbocycles. The van der Waals surface area contributed by atoms with Gasteiger partial charge in [0, 0.05) is 0 Å². The molecular formula is C54H112O4S2. The van der Waals surface area contributed by atoms with E-state index in [1.165, 1.54) is 308 Å². The zero-order valence-electron chi connectivity index (χ0n) is 41.6. The molecular weight excluding hydrogens is 777 g/mol. The standard InChI is InChI=1S/C54H111S.H2O4S/c1-4-7-10-13-16-19-22-25-28-31-34-37-40-43-46-49-52-55(53-50-47-44-41-38-35-32-29-26-23-20-17-14-11-8-5-2)54-51-48-45-42-39-36-33-30-27-24-21-18-15-12-9-6-3;1-5(2,3)4/h4-54H2,1-3H3;(H2,1,2,3,4)/q+1;/p-1. The van der Waals surface area contributed by atoms with E-state index in [1.807, 2.05) is 0 Å². The van der Waals surface area contributed by atoms with Gasteiger partial charge in [0.2, 0.25) is 10.4 Å². The highest BCUT2D eigenvalue weighted by molar-refractivity contribution is 7.96. The summed E-state index contributed by atoms with van der Waals surface area (Å²) in [4.78, 5) is 0. The van der Waals surface area contributed by atoms with Gasteiger partial charge in [-0.15, -0.1) is 0 Å². The molecule has 0 spiro atoms. The zero-order valence-corrected chi connectivity index (χ0v) is 43.2. The molecule has 0 heterocycles. The van der Waals surface area contributed by atoms with Crippen LogP contribution in [0.25, 0.3) is 0 Å². The van der Waals surface area contributed by atoms with Crippen molar-refractivity contribution in [1.82, 2.24) is 0 Å². The van der Waals surface area contributed by atoms with Gasteiger partial charge in [0.1, 0.15) is 17.3 Å². The minimum absolute atomic E-state index is 0.723. The van der Waals surface area contributed by atoms with E-state index >= 15 is 0 Å². The van der Waals surface area contributed by atoms with Crippen LogP contribution in [0.2, 0.25) is 0 Å². The molecule has 0 rings (SSSR count). The van der Waals surface area contributed by atoms with Gasteiger partial charge < -0.3 is 4.55 Å². The monoisotopic (exact) mass is 889 g/mol. The number of rotatable bonds is 51. The minimum atomic E-state index is -4.92. The molecule has 0 aliphatic heterocycles. The number of hydrogen-bond acceptors (Lipinski definition) is 3. The smallest absolute Gasteiger partial charge is 0.215 e. The predicted octanol–water partition coefficient (Wildman–Crippen LogP) is 19.4. The van der Waals surface area contributed by atoms with Crippen LogP contribution in [-0.4, -0.2) is 34.8 Å². The molecule has 0 bridgehead atoms. The first-order chi connectivity index (χ1) is 29.3. The largest absolute Gasteiger partial charge is 0.726 e. The highest BCUT2D eigenvalue weighted by Gasteiger charge is 2.16. The molecule has 60 heavy (non-hydrogen) atoms. The van der Waals surface area contributed by atoms with Crippen LogP contribution in [0.1, 0.15) is 329 Å². The Bertz CT molecular complexity index is 757. The maximum absolute atomic E-state index is 8.63. The van der Waals surface area contributed by atoms with E-state index in [9.17, 15) is 0 Å². The maximum atomic E-state index is 8.63. The van der Waals surface area contributed by atoms with E-state index in [0.717, 1.165) is 10.9 Å². The Kier molecular flexibility index (Phi) is 57.5. The van der Waals surface area contributed by atoms with Crippen molar-refractivity contribution in [3.8, 4) is 0 Å². The molecule has 0 aromatic heterocycles. The Hall–Kier alpha value is 0.220. The second kappa shape index (κ2) is 55.4. The summed E-state index contributed by atoms with van der Waals surface area (Å²) in [6.07, 6.45) is 71.3. The summed E-state index contributed by atoms with van der Waals surface area (Å²) < 4.78 is 32.8. The summed E-state index contributed by atoms with van der Waals surface area (Å²) in [7, 11) is -4.19. The van der Waals surface area contributed by atoms with Crippen molar-refractivity contribution < 1.29 is 17.5 Å². The van der Waals surface area contributed by atoms with Crippen molar-refractivity contribution in [3.63, 3.8) is 0 Å². The second-order valence-electron chi connectivity index (χ2n) is 19.1. The molecule has 364 valence electrons. The molecule has 0 unspecified atom stereocenters. The molecule has 0 saturated carbocycles. The summed E-state index contributed by atoms with van der Waals surface area (Å²) >= 11 is 0. The molecule has 0 aromatic rings. The summed E-state index contributed by atoms with van der Waals surface area (Å²) in [6, 6.07) is 0. The van der Waals surface area contributed by atoms with Crippen LogP contribution in [0, 0.1) is 0 Å². The molecule has 0 atom stereocenters. The Morgan fingerprint density at radius 2 is 0.367 bits per heavy atom. The van der Waals surface area contributed by atoms with Crippen LogP contribution in [0.4, 0.5) is 0 Å². The molecule has 0 aliphatic rings. The normalized spacial score (nSPS) is 11.8. The van der Waals surface area contributed by atoms with Gasteiger partial charge in [0.15, 0.2) is 0 Å². The Labute approximate surface area is 383 Å². The van der Waals surface area contributed by atoms with Crippen LogP contribution in [-0.2, 0) is 21.3 Å². The molecule has 4 nitrogen and oxygen atoms in total. The first-order valence-corrected chi connectivity index (χ1v) is 30.8. The number of unbranched alkanes of at least 4 members (excludes halogenated alkanes) is 45. The van der Waals surface area contributed by atoms with Crippen LogP contribution >= 0.6 is 0 Å². The van der Waals surface area contributed by atoms with Gasteiger partial charge in [-0.25, -0.2) is 8.42 Å². The summed E-state index contributed by atoms with van der Waals surface area (Å²) in [6.45, 7) is 6.96. The second-order valence-corrected chi connectivity index (χ2v) is 22.4. The van der Waals surface area contributed by atoms with Crippen molar-refractivity contribution in [3.05, 3.63) is 0 Å². The third-order valence-corrected chi connectivity index (χ3v) is 15.5. The van der Waals surface area contributed by atoms with Gasteiger partial charge in [-0.3, -0.25) is 4.55 Å². The van der Waals surface area contributed by atoms with E-state index in [-0.39, 0.29) is 0 Å². The van der Waals surface area contributed by atoms with Crippen molar-refractivity contribution in [1.29, 1.82) is 0 Å². The van der Waals surface area contributed by atoms with Gasteiger partial charge in [0.05, 0.1) is 0 Å². The SMILES string of the molecule is CCCCCCCCCCCCCCCCCC[S+](CCCCCCCCCCCCCCCCCC)CCCCCCCCCCCCCCCCCC.O=S(=O)([O-])O. The molecule has 0 amide bonds. The van der Waals surface area contributed by atoms with E-state index in [0.29, 0.717) is 0 Å². The topological polar surface area (TPSA) is 77.4 Å². The van der Waals surface area contributed by atoms with Gasteiger partial charge >= 0.3 is 0 Å². The third kappa shape index (κ3) is 64.8. The fourth-order valence-electron chi connectivity index (χ4n) is 8.87. The zero-order chi connectivity index (χ0) is 44.1. The lowest BCUT2D eigenvalue weighted by Gasteiger charge is -2.10. The van der Waals surface area contributed by atoms with E-state index in [2.05, 4.69) is 20.8 Å².